The first-order valence-corrected chi connectivity index (χ1v) is 7.42. The van der Waals surface area contributed by atoms with E-state index in [4.69, 9.17) is 9.84 Å². The smallest absolute Gasteiger partial charge is 0.104 e. The van der Waals surface area contributed by atoms with Gasteiger partial charge in [0.2, 0.25) is 0 Å². The molecule has 20 heavy (non-hydrogen) atoms. The lowest BCUT2D eigenvalue weighted by atomic mass is 10.0. The van der Waals surface area contributed by atoms with Crippen LogP contribution in [0.3, 0.4) is 0 Å². The average molecular weight is 271 g/mol. The summed E-state index contributed by atoms with van der Waals surface area (Å²) in [6.07, 6.45) is 4.15. The Morgan fingerprint density at radius 1 is 1.30 bits per heavy atom. The van der Waals surface area contributed by atoms with Crippen LogP contribution in [0.15, 0.2) is 24.3 Å². The molecule has 2 unspecified atom stereocenters. The number of fused-ring (bicyclic) bond motifs is 1. The van der Waals surface area contributed by atoms with E-state index in [0.717, 1.165) is 25.3 Å². The topological polar surface area (TPSA) is 32.7 Å². The second kappa shape index (κ2) is 6.41. The van der Waals surface area contributed by atoms with Gasteiger partial charge < -0.3 is 9.84 Å². The molecule has 0 bridgehead atoms. The lowest BCUT2D eigenvalue weighted by molar-refractivity contribution is -0.0588. The lowest BCUT2D eigenvalue weighted by Gasteiger charge is -2.37. The highest BCUT2D eigenvalue weighted by Crippen LogP contribution is 2.30. The molecule has 106 valence electrons. The van der Waals surface area contributed by atoms with E-state index in [2.05, 4.69) is 28.9 Å². The number of rotatable bonds is 2. The molecule has 2 atom stereocenters. The van der Waals surface area contributed by atoms with E-state index in [1.54, 1.807) is 0 Å². The molecule has 0 aromatic heterocycles. The zero-order valence-electron chi connectivity index (χ0n) is 11.7. The zero-order chi connectivity index (χ0) is 13.8. The van der Waals surface area contributed by atoms with Crippen LogP contribution in [-0.4, -0.2) is 41.9 Å². The van der Waals surface area contributed by atoms with Gasteiger partial charge >= 0.3 is 0 Å². The Labute approximate surface area is 120 Å². The summed E-state index contributed by atoms with van der Waals surface area (Å²) in [4.78, 5) is 2.54. The standard InChI is InChI=1S/C17H21NO2/c19-11-4-7-14-5-1-2-6-15(14)13-18-10-12-20-17-9-3-8-16(17)18/h1-2,5-6,16-17,19H,3,8-13H2. The number of nitrogens with zero attached hydrogens (tertiary/aromatic N) is 1. The van der Waals surface area contributed by atoms with Crippen molar-refractivity contribution in [1.82, 2.24) is 4.90 Å². The van der Waals surface area contributed by atoms with Crippen molar-refractivity contribution in [1.29, 1.82) is 0 Å². The van der Waals surface area contributed by atoms with E-state index in [1.165, 1.54) is 24.8 Å². The van der Waals surface area contributed by atoms with Gasteiger partial charge in [-0.05, 0) is 30.9 Å². The summed E-state index contributed by atoms with van der Waals surface area (Å²) in [6.45, 7) is 2.69. The molecule has 3 nitrogen and oxygen atoms in total. The Hall–Kier alpha value is -1.34. The molecule has 1 aliphatic carbocycles. The van der Waals surface area contributed by atoms with Gasteiger partial charge in [-0.25, -0.2) is 0 Å². The van der Waals surface area contributed by atoms with Gasteiger partial charge in [0.25, 0.3) is 0 Å². The maximum Gasteiger partial charge on any atom is 0.104 e. The van der Waals surface area contributed by atoms with Crippen molar-refractivity contribution in [3.63, 3.8) is 0 Å². The molecule has 0 amide bonds. The summed E-state index contributed by atoms with van der Waals surface area (Å²) < 4.78 is 5.86. The second-order valence-corrected chi connectivity index (χ2v) is 5.50. The van der Waals surface area contributed by atoms with Gasteiger partial charge in [-0.1, -0.05) is 30.0 Å². The highest BCUT2D eigenvalue weighted by atomic mass is 16.5. The van der Waals surface area contributed by atoms with Crippen molar-refractivity contribution < 1.29 is 9.84 Å². The number of morpholine rings is 1. The summed E-state index contributed by atoms with van der Waals surface area (Å²) >= 11 is 0. The van der Waals surface area contributed by atoms with E-state index >= 15 is 0 Å². The zero-order valence-corrected chi connectivity index (χ0v) is 11.7. The number of ether oxygens (including phenoxy) is 1. The average Bonchev–Trinajstić information content (AvgIpc) is 2.96. The molecule has 3 heteroatoms. The minimum atomic E-state index is -0.0867. The van der Waals surface area contributed by atoms with E-state index in [-0.39, 0.29) is 6.61 Å². The van der Waals surface area contributed by atoms with Crippen molar-refractivity contribution in [2.24, 2.45) is 0 Å². The van der Waals surface area contributed by atoms with Gasteiger partial charge in [0.15, 0.2) is 0 Å². The van der Waals surface area contributed by atoms with Gasteiger partial charge in [-0.2, -0.15) is 0 Å². The van der Waals surface area contributed by atoms with Crippen molar-refractivity contribution >= 4 is 0 Å². The van der Waals surface area contributed by atoms with Crippen LogP contribution in [0.1, 0.15) is 30.4 Å². The molecular weight excluding hydrogens is 250 g/mol. The van der Waals surface area contributed by atoms with Crippen LogP contribution in [-0.2, 0) is 11.3 Å². The fourth-order valence-electron chi connectivity index (χ4n) is 3.34. The molecule has 1 aromatic rings. The minimum absolute atomic E-state index is 0.0867. The quantitative estimate of drug-likeness (QED) is 0.832. The number of aliphatic hydroxyl groups excluding tert-OH is 1. The summed E-state index contributed by atoms with van der Waals surface area (Å²) in [6, 6.07) is 8.81. The molecule has 2 fully saturated rings. The highest BCUT2D eigenvalue weighted by Gasteiger charge is 2.35. The SMILES string of the molecule is OCC#Cc1ccccc1CN1CCOC2CCCC21. The number of aliphatic hydroxyl groups is 1. The third-order valence-corrected chi connectivity index (χ3v) is 4.29. The van der Waals surface area contributed by atoms with Gasteiger partial charge in [-0.15, -0.1) is 0 Å². The van der Waals surface area contributed by atoms with E-state index in [1.807, 2.05) is 12.1 Å². The predicted molar refractivity (Wildman–Crippen MR) is 78.2 cm³/mol. The van der Waals surface area contributed by atoms with Gasteiger partial charge in [0.1, 0.15) is 6.61 Å². The number of hydrogen-bond donors (Lipinski definition) is 1. The van der Waals surface area contributed by atoms with Crippen LogP contribution in [0.4, 0.5) is 0 Å². The van der Waals surface area contributed by atoms with Gasteiger partial charge in [0, 0.05) is 24.7 Å². The molecule has 0 radical (unpaired) electrons. The van der Waals surface area contributed by atoms with Gasteiger partial charge in [-0.3, -0.25) is 4.90 Å². The van der Waals surface area contributed by atoms with Crippen LogP contribution >= 0.6 is 0 Å². The second-order valence-electron chi connectivity index (χ2n) is 5.50. The van der Waals surface area contributed by atoms with E-state index in [0.29, 0.717) is 12.1 Å². The third kappa shape index (κ3) is 2.88. The van der Waals surface area contributed by atoms with E-state index < -0.39 is 0 Å². The monoisotopic (exact) mass is 271 g/mol. The first-order valence-electron chi connectivity index (χ1n) is 7.42. The first kappa shape index (κ1) is 13.6. The number of hydrogen-bond acceptors (Lipinski definition) is 3. The molecule has 1 N–H and O–H groups in total. The predicted octanol–water partition coefficient (Wildman–Crippen LogP) is 1.78. The summed E-state index contributed by atoms with van der Waals surface area (Å²) in [5, 5.41) is 8.86. The van der Waals surface area contributed by atoms with Crippen LogP contribution in [0.25, 0.3) is 0 Å². The largest absolute Gasteiger partial charge is 0.384 e. The van der Waals surface area contributed by atoms with Crippen LogP contribution in [0, 0.1) is 11.8 Å². The molecule has 1 saturated heterocycles. The van der Waals surface area contributed by atoms with Crippen LogP contribution in [0.2, 0.25) is 0 Å². The lowest BCUT2D eigenvalue weighted by Crippen LogP contribution is -2.47. The Morgan fingerprint density at radius 3 is 3.10 bits per heavy atom. The first-order chi connectivity index (χ1) is 9.88. The molecule has 1 aromatic carbocycles. The fraction of sp³-hybridized carbons (Fsp3) is 0.529. The van der Waals surface area contributed by atoms with Crippen molar-refractivity contribution in [2.75, 3.05) is 19.8 Å². The normalized spacial score (nSPS) is 25.9. The summed E-state index contributed by atoms with van der Waals surface area (Å²) in [5.41, 5.74) is 2.28. The molecular formula is C17H21NO2. The maximum absolute atomic E-state index is 8.86. The maximum atomic E-state index is 8.86. The summed E-state index contributed by atoms with van der Waals surface area (Å²) in [7, 11) is 0. The van der Waals surface area contributed by atoms with Crippen LogP contribution < -0.4 is 0 Å². The molecule has 0 spiro atoms. The molecule has 2 aliphatic rings. The molecule has 1 heterocycles. The van der Waals surface area contributed by atoms with Crippen molar-refractivity contribution in [2.45, 2.75) is 38.0 Å². The number of benzene rings is 1. The molecule has 3 rings (SSSR count). The highest BCUT2D eigenvalue weighted by molar-refractivity contribution is 5.41. The van der Waals surface area contributed by atoms with Crippen LogP contribution in [0.5, 0.6) is 0 Å². The van der Waals surface area contributed by atoms with Crippen molar-refractivity contribution in [3.8, 4) is 11.8 Å². The molecule has 1 saturated carbocycles. The third-order valence-electron chi connectivity index (χ3n) is 4.29. The summed E-state index contributed by atoms with van der Waals surface area (Å²) in [5.74, 6) is 5.81. The Morgan fingerprint density at radius 2 is 2.20 bits per heavy atom. The van der Waals surface area contributed by atoms with Crippen molar-refractivity contribution in [3.05, 3.63) is 35.4 Å². The Bertz CT molecular complexity index is 517. The van der Waals surface area contributed by atoms with E-state index in [9.17, 15) is 0 Å². The fourth-order valence-corrected chi connectivity index (χ4v) is 3.34. The Kier molecular flexibility index (Phi) is 4.37. The minimum Gasteiger partial charge on any atom is -0.384 e. The van der Waals surface area contributed by atoms with Gasteiger partial charge in [0.05, 0.1) is 12.7 Å². The molecule has 1 aliphatic heterocycles. The Balaban J connectivity index is 1.77.